The Labute approximate surface area is 268 Å². The largest absolute Gasteiger partial charge is 0.502 e. The maximum absolute atomic E-state index is 11.7. The van der Waals surface area contributed by atoms with E-state index in [1.165, 1.54) is 16.7 Å². The summed E-state index contributed by atoms with van der Waals surface area (Å²) >= 11 is 0. The van der Waals surface area contributed by atoms with Gasteiger partial charge in [-0.05, 0) is 98.4 Å². The monoisotopic (exact) mass is 622 g/mol. The lowest BCUT2D eigenvalue weighted by molar-refractivity contribution is 0.170. The molecule has 0 saturated heterocycles. The van der Waals surface area contributed by atoms with E-state index in [9.17, 15) is 5.11 Å². The van der Waals surface area contributed by atoms with Crippen LogP contribution in [0.15, 0.2) is 54.6 Å². The fraction of sp³-hybridized carbons (Fsp3) is 0.351. The molecule has 10 rings (SSSR count). The van der Waals surface area contributed by atoms with Gasteiger partial charge >= 0.3 is 0 Å². The molecule has 4 aromatic carbocycles. The van der Waals surface area contributed by atoms with E-state index in [1.807, 2.05) is 30.3 Å². The number of rotatable bonds is 2. The number of phenolic OH excluding ortho intramolecular Hbond substituents is 1. The number of methoxy groups -OCH3 is 2. The molecule has 0 aromatic heterocycles. The SMILES string of the molecule is COc1cc2c3cc1Oc1c(O)c(OC)cc4c1C(Cc1ccc(c5c1OCO5)Oc1ccc(cc1)CC3N(C)CC2)N(C)CC4. The Morgan fingerprint density at radius 2 is 1.41 bits per heavy atom. The number of hydrogen-bond donors (Lipinski definition) is 1. The van der Waals surface area contributed by atoms with E-state index in [0.717, 1.165) is 54.8 Å². The Hall–Kier alpha value is -4.60. The van der Waals surface area contributed by atoms with Crippen LogP contribution in [-0.2, 0) is 25.7 Å². The van der Waals surface area contributed by atoms with E-state index in [0.29, 0.717) is 46.7 Å². The average Bonchev–Trinajstić information content (AvgIpc) is 3.57. The summed E-state index contributed by atoms with van der Waals surface area (Å²) in [6.07, 6.45) is 3.10. The summed E-state index contributed by atoms with van der Waals surface area (Å²) in [5.41, 5.74) is 6.60. The van der Waals surface area contributed by atoms with Gasteiger partial charge < -0.3 is 33.5 Å². The highest BCUT2D eigenvalue weighted by molar-refractivity contribution is 5.64. The summed E-state index contributed by atoms with van der Waals surface area (Å²) in [5.74, 6) is 4.55. The fourth-order valence-electron chi connectivity index (χ4n) is 7.42. The highest BCUT2D eigenvalue weighted by atomic mass is 16.7. The maximum atomic E-state index is 11.7. The minimum atomic E-state index is -0.132. The Balaban J connectivity index is 1.35. The lowest BCUT2D eigenvalue weighted by Crippen LogP contribution is -2.34. The molecule has 0 saturated carbocycles. The molecule has 2 atom stereocenters. The Morgan fingerprint density at radius 1 is 0.696 bits per heavy atom. The molecule has 0 aliphatic carbocycles. The van der Waals surface area contributed by atoms with Crippen molar-refractivity contribution in [1.29, 1.82) is 0 Å². The molecular formula is C37H38N2O7. The summed E-state index contributed by atoms with van der Waals surface area (Å²) in [5, 5.41) is 11.7. The first-order chi connectivity index (χ1) is 22.4. The van der Waals surface area contributed by atoms with E-state index in [-0.39, 0.29) is 24.6 Å². The van der Waals surface area contributed by atoms with Crippen LogP contribution in [0.25, 0.3) is 0 Å². The minimum Gasteiger partial charge on any atom is -0.502 e. The molecule has 6 bridgehead atoms. The molecule has 9 heteroatoms. The molecule has 46 heavy (non-hydrogen) atoms. The predicted octanol–water partition coefficient (Wildman–Crippen LogP) is 6.58. The molecule has 0 amide bonds. The van der Waals surface area contributed by atoms with Crippen LogP contribution in [-0.4, -0.2) is 63.1 Å². The van der Waals surface area contributed by atoms with E-state index in [1.54, 1.807) is 14.2 Å². The molecule has 0 radical (unpaired) electrons. The Kier molecular flexibility index (Phi) is 7.10. The van der Waals surface area contributed by atoms with Gasteiger partial charge in [-0.1, -0.05) is 18.2 Å². The quantitative estimate of drug-likeness (QED) is 0.267. The van der Waals surface area contributed by atoms with Crippen molar-refractivity contribution in [2.45, 2.75) is 37.8 Å². The van der Waals surface area contributed by atoms with Gasteiger partial charge in [0.1, 0.15) is 5.75 Å². The van der Waals surface area contributed by atoms with Crippen LogP contribution in [0.5, 0.6) is 51.7 Å². The number of nitrogens with zero attached hydrogens (tertiary/aromatic N) is 2. The minimum absolute atomic E-state index is 0.0331. The molecule has 0 spiro atoms. The van der Waals surface area contributed by atoms with Crippen LogP contribution < -0.4 is 28.4 Å². The first kappa shape index (κ1) is 28.8. The van der Waals surface area contributed by atoms with Crippen molar-refractivity contribution in [1.82, 2.24) is 9.80 Å². The normalized spacial score (nSPS) is 20.2. The third-order valence-corrected chi connectivity index (χ3v) is 9.98. The van der Waals surface area contributed by atoms with Gasteiger partial charge in [0.25, 0.3) is 0 Å². The van der Waals surface area contributed by atoms with Crippen LogP contribution >= 0.6 is 0 Å². The second-order valence-electron chi connectivity index (χ2n) is 12.6. The number of phenols is 1. The van der Waals surface area contributed by atoms with E-state index in [2.05, 4.69) is 48.2 Å². The van der Waals surface area contributed by atoms with Crippen LogP contribution in [0.4, 0.5) is 0 Å². The van der Waals surface area contributed by atoms with Gasteiger partial charge in [0.15, 0.2) is 34.5 Å². The summed E-state index contributed by atoms with van der Waals surface area (Å²) in [6.45, 7) is 1.89. The van der Waals surface area contributed by atoms with Crippen molar-refractivity contribution in [3.05, 3.63) is 88.0 Å². The number of likely N-dealkylation sites (N-methyl/N-ethyl adjacent to an activating group) is 2. The van der Waals surface area contributed by atoms with Crippen LogP contribution in [0.2, 0.25) is 0 Å². The third kappa shape index (κ3) is 4.77. The Bertz CT molecular complexity index is 1820. The molecule has 6 aliphatic heterocycles. The smallest absolute Gasteiger partial charge is 0.231 e. The first-order valence-corrected chi connectivity index (χ1v) is 15.8. The van der Waals surface area contributed by atoms with Gasteiger partial charge in [0.05, 0.1) is 14.2 Å². The molecule has 4 aromatic rings. The predicted molar refractivity (Wildman–Crippen MR) is 172 cm³/mol. The van der Waals surface area contributed by atoms with Crippen molar-refractivity contribution in [3.63, 3.8) is 0 Å². The summed E-state index contributed by atoms with van der Waals surface area (Å²) in [6, 6.07) is 18.4. The van der Waals surface area contributed by atoms with Crippen LogP contribution in [0.3, 0.4) is 0 Å². The topological polar surface area (TPSA) is 82.1 Å². The molecule has 2 unspecified atom stereocenters. The van der Waals surface area contributed by atoms with Crippen molar-refractivity contribution >= 4 is 0 Å². The second kappa shape index (κ2) is 11.3. The Morgan fingerprint density at radius 3 is 2.20 bits per heavy atom. The zero-order valence-corrected chi connectivity index (χ0v) is 26.6. The third-order valence-electron chi connectivity index (χ3n) is 9.98. The zero-order valence-electron chi connectivity index (χ0n) is 26.6. The van der Waals surface area contributed by atoms with Gasteiger partial charge in [-0.15, -0.1) is 0 Å². The molecule has 1 N–H and O–H groups in total. The average molecular weight is 623 g/mol. The molecule has 238 valence electrons. The van der Waals surface area contributed by atoms with Gasteiger partial charge in [-0.25, -0.2) is 0 Å². The number of fused-ring (bicyclic) bond motifs is 1. The highest BCUT2D eigenvalue weighted by Crippen LogP contribution is 2.53. The molecule has 9 nitrogen and oxygen atoms in total. The lowest BCUT2D eigenvalue weighted by atomic mass is 9.87. The van der Waals surface area contributed by atoms with Crippen LogP contribution in [0.1, 0.15) is 45.5 Å². The maximum Gasteiger partial charge on any atom is 0.231 e. The van der Waals surface area contributed by atoms with Crippen molar-refractivity contribution in [3.8, 4) is 51.7 Å². The lowest BCUT2D eigenvalue weighted by Gasteiger charge is -2.37. The van der Waals surface area contributed by atoms with Crippen LogP contribution in [0, 0.1) is 0 Å². The van der Waals surface area contributed by atoms with Crippen molar-refractivity contribution in [2.24, 2.45) is 0 Å². The van der Waals surface area contributed by atoms with Crippen molar-refractivity contribution in [2.75, 3.05) is 48.2 Å². The standard InChI is InChI=1S/C37H38N2O7/c1-38-13-11-22-17-30(41-3)31-19-26(22)27(38)15-21-5-8-25(9-6-21)45-29-10-7-24(35-36(29)44-20-43-35)16-28-33-23(12-14-39(28)2)18-32(42-4)34(40)37(33)46-31/h5-10,17-19,27-28,40H,11-16,20H2,1-4H3. The molecule has 6 heterocycles. The van der Waals surface area contributed by atoms with E-state index >= 15 is 0 Å². The number of hydrogen-bond acceptors (Lipinski definition) is 9. The number of benzene rings is 4. The second-order valence-corrected chi connectivity index (χ2v) is 12.6. The number of aromatic hydroxyl groups is 1. The fourth-order valence-corrected chi connectivity index (χ4v) is 7.42. The summed E-state index contributed by atoms with van der Waals surface area (Å²) in [7, 11) is 7.51. The van der Waals surface area contributed by atoms with Gasteiger partial charge in [-0.3, -0.25) is 9.80 Å². The molecular weight excluding hydrogens is 584 g/mol. The van der Waals surface area contributed by atoms with Gasteiger partial charge in [-0.2, -0.15) is 0 Å². The van der Waals surface area contributed by atoms with E-state index < -0.39 is 0 Å². The number of ether oxygens (including phenoxy) is 6. The molecule has 0 fully saturated rings. The molecule has 6 aliphatic rings. The van der Waals surface area contributed by atoms with Gasteiger partial charge in [0, 0.05) is 36.3 Å². The summed E-state index contributed by atoms with van der Waals surface area (Å²) < 4.78 is 36.8. The summed E-state index contributed by atoms with van der Waals surface area (Å²) in [4.78, 5) is 4.69. The zero-order chi connectivity index (χ0) is 31.5. The first-order valence-electron chi connectivity index (χ1n) is 15.8. The highest BCUT2D eigenvalue weighted by Gasteiger charge is 2.35. The van der Waals surface area contributed by atoms with Crippen molar-refractivity contribution < 1.29 is 33.5 Å². The van der Waals surface area contributed by atoms with E-state index in [4.69, 9.17) is 28.4 Å². The van der Waals surface area contributed by atoms with Gasteiger partial charge in [0.2, 0.25) is 18.3 Å².